The molecule has 21 heavy (non-hydrogen) atoms. The van der Waals surface area contributed by atoms with Crippen LogP contribution in [0.5, 0.6) is 5.75 Å². The van der Waals surface area contributed by atoms with Gasteiger partial charge in [0.05, 0.1) is 25.4 Å². The summed E-state index contributed by atoms with van der Waals surface area (Å²) in [5.41, 5.74) is 2.96. The Kier molecular flexibility index (Phi) is 3.31. The number of benzene rings is 1. The van der Waals surface area contributed by atoms with E-state index in [-0.39, 0.29) is 0 Å². The van der Waals surface area contributed by atoms with Gasteiger partial charge >= 0.3 is 5.97 Å². The van der Waals surface area contributed by atoms with E-state index in [2.05, 4.69) is 5.10 Å². The molecule has 0 N–H and O–H groups in total. The van der Waals surface area contributed by atoms with Gasteiger partial charge in [-0.05, 0) is 48.5 Å². The summed E-state index contributed by atoms with van der Waals surface area (Å²) in [7, 11) is 2.98. The Morgan fingerprint density at radius 3 is 2.38 bits per heavy atom. The highest BCUT2D eigenvalue weighted by Gasteiger charge is 2.12. The highest BCUT2D eigenvalue weighted by Crippen LogP contribution is 2.21. The molecule has 0 aliphatic carbocycles. The highest BCUT2D eigenvalue weighted by molar-refractivity contribution is 5.89. The van der Waals surface area contributed by atoms with Crippen LogP contribution < -0.4 is 4.74 Å². The lowest BCUT2D eigenvalue weighted by Gasteiger charge is -2.05. The van der Waals surface area contributed by atoms with Crippen LogP contribution in [0.15, 0.2) is 48.5 Å². The quantitative estimate of drug-likeness (QED) is 0.693. The van der Waals surface area contributed by atoms with Gasteiger partial charge in [-0.1, -0.05) is 0 Å². The first-order valence-corrected chi connectivity index (χ1v) is 6.44. The number of ether oxygens (including phenoxy) is 2. The summed E-state index contributed by atoms with van der Waals surface area (Å²) in [4.78, 5) is 11.7. The third-order valence-electron chi connectivity index (χ3n) is 3.28. The van der Waals surface area contributed by atoms with E-state index < -0.39 is 5.97 Å². The van der Waals surface area contributed by atoms with Gasteiger partial charge in [0.15, 0.2) is 5.69 Å². The van der Waals surface area contributed by atoms with E-state index in [1.54, 1.807) is 17.7 Å². The maximum Gasteiger partial charge on any atom is 0.356 e. The molecule has 5 nitrogen and oxygen atoms in total. The van der Waals surface area contributed by atoms with Crippen molar-refractivity contribution >= 4 is 11.5 Å². The highest BCUT2D eigenvalue weighted by atomic mass is 16.5. The third-order valence-corrected chi connectivity index (χ3v) is 3.28. The Labute approximate surface area is 121 Å². The van der Waals surface area contributed by atoms with Gasteiger partial charge in [0.25, 0.3) is 0 Å². The number of carbonyl (C=O) groups excluding carboxylic acids is 1. The SMILES string of the molecule is COC(=O)c1ccc2ccc(-c3ccc(OC)cc3)nn12. The van der Waals surface area contributed by atoms with Gasteiger partial charge in [-0.2, -0.15) is 5.10 Å². The largest absolute Gasteiger partial charge is 0.497 e. The molecule has 0 amide bonds. The molecule has 0 aliphatic heterocycles. The molecule has 106 valence electrons. The summed E-state index contributed by atoms with van der Waals surface area (Å²) in [6.45, 7) is 0. The summed E-state index contributed by atoms with van der Waals surface area (Å²) in [5.74, 6) is 0.380. The number of hydrogen-bond donors (Lipinski definition) is 0. The first-order chi connectivity index (χ1) is 10.2. The molecule has 0 saturated heterocycles. The number of esters is 1. The Morgan fingerprint density at radius 1 is 1.00 bits per heavy atom. The third kappa shape index (κ3) is 2.33. The fourth-order valence-corrected chi connectivity index (χ4v) is 2.16. The molecule has 2 heterocycles. The average Bonchev–Trinajstić information content (AvgIpc) is 2.97. The van der Waals surface area contributed by atoms with Crippen molar-refractivity contribution in [3.63, 3.8) is 0 Å². The minimum atomic E-state index is -0.408. The monoisotopic (exact) mass is 282 g/mol. The van der Waals surface area contributed by atoms with E-state index >= 15 is 0 Å². The van der Waals surface area contributed by atoms with Crippen molar-refractivity contribution in [1.82, 2.24) is 9.61 Å². The van der Waals surface area contributed by atoms with Crippen LogP contribution in [0.4, 0.5) is 0 Å². The molecule has 0 bridgehead atoms. The molecule has 2 aromatic heterocycles. The fraction of sp³-hybridized carbons (Fsp3) is 0.125. The molecule has 3 aromatic rings. The maximum absolute atomic E-state index is 11.7. The van der Waals surface area contributed by atoms with Crippen molar-refractivity contribution in [2.75, 3.05) is 14.2 Å². The summed E-state index contributed by atoms with van der Waals surface area (Å²) in [6.07, 6.45) is 0. The van der Waals surface area contributed by atoms with Crippen LogP contribution in [0.3, 0.4) is 0 Å². The maximum atomic E-state index is 11.7. The Bertz CT molecular complexity index is 791. The van der Waals surface area contributed by atoms with Crippen LogP contribution in [0.25, 0.3) is 16.8 Å². The lowest BCUT2D eigenvalue weighted by Crippen LogP contribution is -2.07. The zero-order chi connectivity index (χ0) is 14.8. The normalized spacial score (nSPS) is 10.6. The van der Waals surface area contributed by atoms with E-state index in [1.165, 1.54) is 7.11 Å². The molecular formula is C16H14N2O3. The van der Waals surface area contributed by atoms with Crippen LogP contribution in [0.2, 0.25) is 0 Å². The van der Waals surface area contributed by atoms with Crippen molar-refractivity contribution in [3.05, 3.63) is 54.2 Å². The molecule has 3 rings (SSSR count). The molecule has 5 heteroatoms. The predicted molar refractivity (Wildman–Crippen MR) is 78.5 cm³/mol. The van der Waals surface area contributed by atoms with Crippen LogP contribution in [-0.4, -0.2) is 29.8 Å². The minimum Gasteiger partial charge on any atom is -0.497 e. The van der Waals surface area contributed by atoms with Gasteiger partial charge in [-0.15, -0.1) is 0 Å². The van der Waals surface area contributed by atoms with Crippen LogP contribution >= 0.6 is 0 Å². The van der Waals surface area contributed by atoms with Crippen LogP contribution in [0, 0.1) is 0 Å². The lowest BCUT2D eigenvalue weighted by atomic mass is 10.1. The van der Waals surface area contributed by atoms with E-state index in [1.807, 2.05) is 42.5 Å². The molecule has 0 saturated carbocycles. The van der Waals surface area contributed by atoms with Gasteiger partial charge < -0.3 is 9.47 Å². The molecule has 0 aliphatic rings. The first kappa shape index (κ1) is 13.2. The van der Waals surface area contributed by atoms with Crippen molar-refractivity contribution in [2.45, 2.75) is 0 Å². The standard InChI is InChI=1S/C16H14N2O3/c1-20-13-7-3-11(4-8-13)14-9-5-12-6-10-15(16(19)21-2)18(12)17-14/h3-10H,1-2H3. The summed E-state index contributed by atoms with van der Waals surface area (Å²) < 4.78 is 11.5. The number of aromatic nitrogens is 2. The lowest BCUT2D eigenvalue weighted by molar-refractivity contribution is 0.0591. The number of hydrogen-bond acceptors (Lipinski definition) is 4. The first-order valence-electron chi connectivity index (χ1n) is 6.44. The Hall–Kier alpha value is -2.82. The zero-order valence-corrected chi connectivity index (χ0v) is 11.7. The summed E-state index contributed by atoms with van der Waals surface area (Å²) in [5, 5.41) is 4.50. The second kappa shape index (κ2) is 5.28. The summed E-state index contributed by atoms with van der Waals surface area (Å²) >= 11 is 0. The summed E-state index contributed by atoms with van der Waals surface area (Å²) in [6, 6.07) is 15.0. The topological polar surface area (TPSA) is 52.8 Å². The number of rotatable bonds is 3. The number of methoxy groups -OCH3 is 2. The van der Waals surface area contributed by atoms with Crippen molar-refractivity contribution in [3.8, 4) is 17.0 Å². The van der Waals surface area contributed by atoms with Crippen molar-refractivity contribution < 1.29 is 14.3 Å². The van der Waals surface area contributed by atoms with Gasteiger partial charge in [-0.25, -0.2) is 9.31 Å². The molecular weight excluding hydrogens is 268 g/mol. The van der Waals surface area contributed by atoms with Gasteiger partial charge in [-0.3, -0.25) is 0 Å². The number of carbonyl (C=O) groups is 1. The van der Waals surface area contributed by atoms with E-state index in [4.69, 9.17) is 9.47 Å². The number of fused-ring (bicyclic) bond motifs is 1. The van der Waals surface area contributed by atoms with Gasteiger partial charge in [0, 0.05) is 5.56 Å². The fourth-order valence-electron chi connectivity index (χ4n) is 2.16. The second-order valence-corrected chi connectivity index (χ2v) is 4.49. The molecule has 0 radical (unpaired) electrons. The van der Waals surface area contributed by atoms with Gasteiger partial charge in [0.2, 0.25) is 0 Å². The molecule has 0 atom stereocenters. The zero-order valence-electron chi connectivity index (χ0n) is 11.7. The Morgan fingerprint density at radius 2 is 1.71 bits per heavy atom. The smallest absolute Gasteiger partial charge is 0.356 e. The van der Waals surface area contributed by atoms with E-state index in [0.29, 0.717) is 5.69 Å². The van der Waals surface area contributed by atoms with Gasteiger partial charge in [0.1, 0.15) is 5.75 Å². The second-order valence-electron chi connectivity index (χ2n) is 4.49. The van der Waals surface area contributed by atoms with E-state index in [9.17, 15) is 4.79 Å². The molecule has 0 spiro atoms. The molecule has 0 fully saturated rings. The Balaban J connectivity index is 2.08. The predicted octanol–water partition coefficient (Wildman–Crippen LogP) is 2.80. The van der Waals surface area contributed by atoms with Crippen molar-refractivity contribution in [1.29, 1.82) is 0 Å². The van der Waals surface area contributed by atoms with Crippen LogP contribution in [0.1, 0.15) is 10.5 Å². The molecule has 0 unspecified atom stereocenters. The van der Waals surface area contributed by atoms with E-state index in [0.717, 1.165) is 22.5 Å². The van der Waals surface area contributed by atoms with Crippen molar-refractivity contribution in [2.24, 2.45) is 0 Å². The average molecular weight is 282 g/mol. The molecule has 1 aromatic carbocycles. The van der Waals surface area contributed by atoms with Crippen LogP contribution in [-0.2, 0) is 4.74 Å². The number of nitrogens with zero attached hydrogens (tertiary/aromatic N) is 2. The minimum absolute atomic E-state index is 0.405.